The first-order valence-electron chi connectivity index (χ1n) is 9.16. The molecule has 0 aromatic heterocycles. The highest BCUT2D eigenvalue weighted by molar-refractivity contribution is 6.31. The van der Waals surface area contributed by atoms with E-state index in [-0.39, 0.29) is 12.5 Å². The number of hydrogen-bond acceptors (Lipinski definition) is 4. The predicted molar refractivity (Wildman–Crippen MR) is 117 cm³/mol. The minimum absolute atomic E-state index is 0.0655. The van der Waals surface area contributed by atoms with E-state index < -0.39 is 12.1 Å². The number of carbonyl (C=O) groups excluding carboxylic acids is 2. The van der Waals surface area contributed by atoms with Crippen LogP contribution in [0.5, 0.6) is 5.75 Å². The summed E-state index contributed by atoms with van der Waals surface area (Å²) in [6.45, 7) is 1.66. The highest BCUT2D eigenvalue weighted by Gasteiger charge is 2.17. The topological polar surface area (TPSA) is 64.6 Å². The van der Waals surface area contributed by atoms with Crippen molar-refractivity contribution in [1.29, 1.82) is 0 Å². The standard InChI is InChI=1S/C23H19Cl2NO4/c1-15(23(28)29-14-17-4-2-3-5-21(17)25)30-20-12-6-16(7-13-20)22(27)26-19-10-8-18(24)9-11-19/h2-13,15H,14H2,1H3,(H,26,27). The number of ether oxygens (including phenoxy) is 2. The third-order valence-corrected chi connectivity index (χ3v) is 4.81. The smallest absolute Gasteiger partial charge is 0.347 e. The van der Waals surface area contributed by atoms with Crippen molar-refractivity contribution >= 4 is 40.8 Å². The average Bonchev–Trinajstić information content (AvgIpc) is 2.75. The van der Waals surface area contributed by atoms with Gasteiger partial charge in [-0.25, -0.2) is 4.79 Å². The molecule has 154 valence electrons. The zero-order valence-electron chi connectivity index (χ0n) is 16.1. The highest BCUT2D eigenvalue weighted by atomic mass is 35.5. The summed E-state index contributed by atoms with van der Waals surface area (Å²) in [7, 11) is 0. The fourth-order valence-corrected chi connectivity index (χ4v) is 2.87. The second kappa shape index (κ2) is 10.1. The summed E-state index contributed by atoms with van der Waals surface area (Å²) in [5.41, 5.74) is 1.81. The number of anilines is 1. The van der Waals surface area contributed by atoms with Crippen LogP contribution in [-0.4, -0.2) is 18.0 Å². The van der Waals surface area contributed by atoms with E-state index in [1.165, 1.54) is 0 Å². The zero-order valence-corrected chi connectivity index (χ0v) is 17.6. The van der Waals surface area contributed by atoms with Crippen LogP contribution in [0.25, 0.3) is 0 Å². The largest absolute Gasteiger partial charge is 0.479 e. The van der Waals surface area contributed by atoms with Crippen molar-refractivity contribution in [3.8, 4) is 5.75 Å². The van der Waals surface area contributed by atoms with Gasteiger partial charge in [0.2, 0.25) is 0 Å². The highest BCUT2D eigenvalue weighted by Crippen LogP contribution is 2.19. The molecule has 0 spiro atoms. The number of halogens is 2. The molecule has 0 saturated carbocycles. The molecule has 3 rings (SSSR count). The van der Waals surface area contributed by atoms with Crippen LogP contribution in [0, 0.1) is 0 Å². The molecule has 0 aliphatic carbocycles. The number of hydrogen-bond donors (Lipinski definition) is 1. The molecule has 0 saturated heterocycles. The molecule has 1 amide bonds. The van der Waals surface area contributed by atoms with Gasteiger partial charge < -0.3 is 14.8 Å². The van der Waals surface area contributed by atoms with Crippen LogP contribution in [0.15, 0.2) is 72.8 Å². The van der Waals surface area contributed by atoms with E-state index in [9.17, 15) is 9.59 Å². The van der Waals surface area contributed by atoms with E-state index in [1.807, 2.05) is 6.07 Å². The Morgan fingerprint density at radius 1 is 0.933 bits per heavy atom. The Morgan fingerprint density at radius 2 is 1.60 bits per heavy atom. The van der Waals surface area contributed by atoms with Gasteiger partial charge in [0.15, 0.2) is 6.10 Å². The molecule has 3 aromatic carbocycles. The summed E-state index contributed by atoms with van der Waals surface area (Å²) in [6, 6.07) is 20.4. The summed E-state index contributed by atoms with van der Waals surface area (Å²) in [5, 5.41) is 3.90. The van der Waals surface area contributed by atoms with Gasteiger partial charge in [-0.1, -0.05) is 41.4 Å². The lowest BCUT2D eigenvalue weighted by molar-refractivity contribution is -0.152. The van der Waals surface area contributed by atoms with Crippen molar-refractivity contribution in [2.75, 3.05) is 5.32 Å². The molecule has 0 fully saturated rings. The van der Waals surface area contributed by atoms with E-state index in [4.69, 9.17) is 32.7 Å². The molecule has 0 radical (unpaired) electrons. The van der Waals surface area contributed by atoms with E-state index in [1.54, 1.807) is 73.7 Å². The second-order valence-corrected chi connectivity index (χ2v) is 7.29. The maximum atomic E-state index is 12.3. The maximum absolute atomic E-state index is 12.3. The van der Waals surface area contributed by atoms with Crippen LogP contribution in [0.2, 0.25) is 10.0 Å². The van der Waals surface area contributed by atoms with Gasteiger partial charge in [0.25, 0.3) is 5.91 Å². The van der Waals surface area contributed by atoms with Crippen LogP contribution in [0.3, 0.4) is 0 Å². The number of rotatable bonds is 7. The first kappa shape index (κ1) is 21.7. The number of esters is 1. The molecule has 5 nitrogen and oxygen atoms in total. The molecular formula is C23H19Cl2NO4. The normalized spacial score (nSPS) is 11.4. The van der Waals surface area contributed by atoms with Gasteiger partial charge in [-0.3, -0.25) is 4.79 Å². The van der Waals surface area contributed by atoms with Crippen LogP contribution in [0.1, 0.15) is 22.8 Å². The van der Waals surface area contributed by atoms with Crippen molar-refractivity contribution in [1.82, 2.24) is 0 Å². The SMILES string of the molecule is CC(Oc1ccc(C(=O)Nc2ccc(Cl)cc2)cc1)C(=O)OCc1ccccc1Cl. The summed E-state index contributed by atoms with van der Waals surface area (Å²) < 4.78 is 10.9. The molecule has 1 N–H and O–H groups in total. The minimum atomic E-state index is -0.818. The van der Waals surface area contributed by atoms with Crippen molar-refractivity contribution in [2.45, 2.75) is 19.6 Å². The fraction of sp³-hybridized carbons (Fsp3) is 0.130. The molecule has 30 heavy (non-hydrogen) atoms. The fourth-order valence-electron chi connectivity index (χ4n) is 2.56. The number of nitrogens with one attached hydrogen (secondary N) is 1. The van der Waals surface area contributed by atoms with E-state index in [2.05, 4.69) is 5.32 Å². The Morgan fingerprint density at radius 3 is 2.27 bits per heavy atom. The van der Waals surface area contributed by atoms with Gasteiger partial charge in [-0.2, -0.15) is 0 Å². The average molecular weight is 444 g/mol. The van der Waals surface area contributed by atoms with Crippen molar-refractivity contribution in [3.05, 3.63) is 94.0 Å². The molecule has 3 aromatic rings. The lowest BCUT2D eigenvalue weighted by Crippen LogP contribution is -2.26. The van der Waals surface area contributed by atoms with Crippen molar-refractivity contribution in [2.24, 2.45) is 0 Å². The Kier molecular flexibility index (Phi) is 7.33. The molecule has 0 aliphatic rings. The second-order valence-electron chi connectivity index (χ2n) is 6.44. The van der Waals surface area contributed by atoms with E-state index >= 15 is 0 Å². The Hall–Kier alpha value is -3.02. The van der Waals surface area contributed by atoms with Gasteiger partial charge in [-0.05, 0) is 61.5 Å². The quantitative estimate of drug-likeness (QED) is 0.471. The monoisotopic (exact) mass is 443 g/mol. The van der Waals surface area contributed by atoms with Gasteiger partial charge in [0.1, 0.15) is 12.4 Å². The Bertz CT molecular complexity index is 1020. The Labute approximate surface area is 184 Å². The maximum Gasteiger partial charge on any atom is 0.347 e. The summed E-state index contributed by atoms with van der Waals surface area (Å²) in [4.78, 5) is 24.5. The van der Waals surface area contributed by atoms with Crippen molar-refractivity contribution < 1.29 is 19.1 Å². The van der Waals surface area contributed by atoms with Gasteiger partial charge in [0.05, 0.1) is 0 Å². The molecule has 0 bridgehead atoms. The van der Waals surface area contributed by atoms with Crippen LogP contribution >= 0.6 is 23.2 Å². The number of carbonyl (C=O) groups is 2. The molecule has 1 unspecified atom stereocenters. The van der Waals surface area contributed by atoms with Gasteiger partial charge >= 0.3 is 5.97 Å². The van der Waals surface area contributed by atoms with Crippen LogP contribution in [-0.2, 0) is 16.1 Å². The van der Waals surface area contributed by atoms with E-state index in [0.29, 0.717) is 27.0 Å². The predicted octanol–water partition coefficient (Wildman–Crippen LogP) is 5.76. The van der Waals surface area contributed by atoms with Crippen molar-refractivity contribution in [3.63, 3.8) is 0 Å². The van der Waals surface area contributed by atoms with Crippen LogP contribution < -0.4 is 10.1 Å². The third-order valence-electron chi connectivity index (χ3n) is 4.19. The number of benzene rings is 3. The Balaban J connectivity index is 1.52. The first-order valence-corrected chi connectivity index (χ1v) is 9.91. The molecule has 7 heteroatoms. The first-order chi connectivity index (χ1) is 14.4. The molecule has 1 atom stereocenters. The third kappa shape index (κ3) is 5.99. The number of amides is 1. The molecular weight excluding hydrogens is 425 g/mol. The minimum Gasteiger partial charge on any atom is -0.479 e. The lowest BCUT2D eigenvalue weighted by atomic mass is 10.2. The van der Waals surface area contributed by atoms with Gasteiger partial charge in [-0.15, -0.1) is 0 Å². The van der Waals surface area contributed by atoms with Gasteiger partial charge in [0, 0.05) is 26.9 Å². The van der Waals surface area contributed by atoms with Crippen LogP contribution in [0.4, 0.5) is 5.69 Å². The summed E-state index contributed by atoms with van der Waals surface area (Å²) in [5.74, 6) is -0.337. The zero-order chi connectivity index (χ0) is 21.5. The summed E-state index contributed by atoms with van der Waals surface area (Å²) >= 11 is 11.9. The lowest BCUT2D eigenvalue weighted by Gasteiger charge is -2.14. The summed E-state index contributed by atoms with van der Waals surface area (Å²) in [6.07, 6.45) is -0.818. The molecule has 0 aliphatic heterocycles. The van der Waals surface area contributed by atoms with E-state index in [0.717, 1.165) is 5.56 Å². The molecule has 0 heterocycles.